The molecule has 174 valence electrons. The van der Waals surface area contributed by atoms with Crippen molar-refractivity contribution in [3.8, 4) is 17.3 Å². The Labute approximate surface area is 190 Å². The summed E-state index contributed by atoms with van der Waals surface area (Å²) < 4.78 is 5.70. The molecule has 32 heavy (non-hydrogen) atoms. The number of anilines is 1. The molecule has 1 aliphatic rings. The first-order valence-electron chi connectivity index (χ1n) is 11.2. The Morgan fingerprint density at radius 1 is 1.34 bits per heavy atom. The predicted molar refractivity (Wildman–Crippen MR) is 125 cm³/mol. The van der Waals surface area contributed by atoms with Crippen LogP contribution in [0.15, 0.2) is 18.3 Å². The lowest BCUT2D eigenvalue weighted by Gasteiger charge is -2.25. The number of nitrogens with zero attached hydrogens (tertiary/aromatic N) is 4. The molecule has 0 bridgehead atoms. The molecule has 0 aromatic carbocycles. The van der Waals surface area contributed by atoms with Crippen molar-refractivity contribution >= 4 is 11.7 Å². The molecular formula is C24H35N5O3. The van der Waals surface area contributed by atoms with E-state index in [0.717, 1.165) is 29.9 Å². The smallest absolute Gasteiger partial charge is 0.239 e. The van der Waals surface area contributed by atoms with Crippen molar-refractivity contribution in [3.05, 3.63) is 29.6 Å². The molecule has 0 saturated heterocycles. The molecule has 3 rings (SSSR count). The van der Waals surface area contributed by atoms with E-state index in [1.54, 1.807) is 18.3 Å². The van der Waals surface area contributed by atoms with Crippen molar-refractivity contribution in [1.29, 1.82) is 0 Å². The topological polar surface area (TPSA) is 100 Å². The molecule has 0 aliphatic heterocycles. The zero-order valence-electron chi connectivity index (χ0n) is 20.0. The molecule has 1 amide bonds. The molecule has 0 radical (unpaired) electrons. The summed E-state index contributed by atoms with van der Waals surface area (Å²) in [6.45, 7) is 10.4. The number of hydrogen-bond acceptors (Lipinski definition) is 7. The summed E-state index contributed by atoms with van der Waals surface area (Å²) in [6.07, 6.45) is 3.54. The van der Waals surface area contributed by atoms with Crippen molar-refractivity contribution in [2.24, 2.45) is 5.92 Å². The SMILES string of the molecule is CCC(O)COc1ccnc(-c2nc3c(c(N(C)CC(=O)NC(C)(C)C)n2)CC(C)C3)c1. The van der Waals surface area contributed by atoms with Crippen LogP contribution in [0.1, 0.15) is 52.3 Å². The van der Waals surface area contributed by atoms with Gasteiger partial charge in [0.15, 0.2) is 5.82 Å². The Kier molecular flexibility index (Phi) is 7.33. The number of ether oxygens (including phenoxy) is 1. The monoisotopic (exact) mass is 441 g/mol. The van der Waals surface area contributed by atoms with Crippen LogP contribution >= 0.6 is 0 Å². The van der Waals surface area contributed by atoms with Gasteiger partial charge in [0.25, 0.3) is 0 Å². The summed E-state index contributed by atoms with van der Waals surface area (Å²) in [6, 6.07) is 3.55. The maximum Gasteiger partial charge on any atom is 0.239 e. The van der Waals surface area contributed by atoms with E-state index >= 15 is 0 Å². The highest BCUT2D eigenvalue weighted by Gasteiger charge is 2.27. The number of rotatable bonds is 8. The predicted octanol–water partition coefficient (Wildman–Crippen LogP) is 2.77. The molecule has 8 nitrogen and oxygen atoms in total. The molecule has 1 aliphatic carbocycles. The number of pyridine rings is 1. The fraction of sp³-hybridized carbons (Fsp3) is 0.583. The minimum absolute atomic E-state index is 0.0528. The lowest BCUT2D eigenvalue weighted by Crippen LogP contribution is -2.45. The van der Waals surface area contributed by atoms with Gasteiger partial charge in [0, 0.05) is 30.4 Å². The van der Waals surface area contributed by atoms with Crippen LogP contribution in [0, 0.1) is 5.92 Å². The number of aliphatic hydroxyl groups is 1. The molecule has 0 fully saturated rings. The number of likely N-dealkylation sites (N-methyl/N-ethyl adjacent to an activating group) is 1. The molecule has 0 spiro atoms. The maximum absolute atomic E-state index is 12.5. The normalized spacial score (nSPS) is 16.4. The number of amides is 1. The number of nitrogens with one attached hydrogen (secondary N) is 1. The standard InChI is InChI=1S/C24H35N5O3/c1-7-16(30)14-32-17-8-9-25-20(12-17)22-26-19-11-15(2)10-18(19)23(27-22)29(6)13-21(31)28-24(3,4)5/h8-9,12,15-16,30H,7,10-11,13-14H2,1-6H3,(H,28,31). The van der Waals surface area contributed by atoms with Gasteiger partial charge in [-0.25, -0.2) is 9.97 Å². The van der Waals surface area contributed by atoms with Crippen LogP contribution in [0.4, 0.5) is 5.82 Å². The minimum atomic E-state index is -0.510. The third-order valence-electron chi connectivity index (χ3n) is 5.30. The van der Waals surface area contributed by atoms with Crippen LogP contribution in [0.25, 0.3) is 11.5 Å². The molecule has 2 aromatic rings. The molecule has 8 heteroatoms. The van der Waals surface area contributed by atoms with Gasteiger partial charge in [0.05, 0.1) is 18.3 Å². The van der Waals surface area contributed by atoms with Crippen molar-refractivity contribution < 1.29 is 14.6 Å². The van der Waals surface area contributed by atoms with E-state index in [1.807, 2.05) is 39.6 Å². The van der Waals surface area contributed by atoms with E-state index in [1.165, 1.54) is 0 Å². The van der Waals surface area contributed by atoms with Crippen LogP contribution < -0.4 is 15.0 Å². The first-order chi connectivity index (χ1) is 15.1. The fourth-order valence-corrected chi connectivity index (χ4v) is 3.76. The third-order valence-corrected chi connectivity index (χ3v) is 5.30. The van der Waals surface area contributed by atoms with E-state index in [2.05, 4.69) is 17.2 Å². The van der Waals surface area contributed by atoms with E-state index in [4.69, 9.17) is 14.7 Å². The Morgan fingerprint density at radius 2 is 2.09 bits per heavy atom. The summed E-state index contributed by atoms with van der Waals surface area (Å²) in [5.41, 5.74) is 2.42. The van der Waals surface area contributed by atoms with Crippen molar-refractivity contribution in [2.45, 2.75) is 65.5 Å². The van der Waals surface area contributed by atoms with E-state index < -0.39 is 6.10 Å². The van der Waals surface area contributed by atoms with E-state index in [0.29, 0.717) is 29.6 Å². The second-order valence-corrected chi connectivity index (χ2v) is 9.71. The van der Waals surface area contributed by atoms with Crippen LogP contribution in [-0.2, 0) is 17.6 Å². The van der Waals surface area contributed by atoms with Crippen LogP contribution in [-0.4, -0.2) is 57.8 Å². The average molecular weight is 442 g/mol. The van der Waals surface area contributed by atoms with Gasteiger partial charge in [0.1, 0.15) is 23.9 Å². The summed E-state index contributed by atoms with van der Waals surface area (Å²) >= 11 is 0. The number of carbonyl (C=O) groups is 1. The van der Waals surface area contributed by atoms with Gasteiger partial charge in [-0.05, 0) is 52.0 Å². The summed E-state index contributed by atoms with van der Waals surface area (Å²) in [4.78, 5) is 28.5. The number of fused-ring (bicyclic) bond motifs is 1. The second-order valence-electron chi connectivity index (χ2n) is 9.71. The molecule has 2 heterocycles. The van der Waals surface area contributed by atoms with Crippen molar-refractivity contribution in [1.82, 2.24) is 20.3 Å². The Morgan fingerprint density at radius 3 is 2.78 bits per heavy atom. The molecular weight excluding hydrogens is 406 g/mol. The molecule has 2 atom stereocenters. The zero-order chi connectivity index (χ0) is 23.5. The highest BCUT2D eigenvalue weighted by molar-refractivity contribution is 5.82. The van der Waals surface area contributed by atoms with Crippen molar-refractivity contribution in [3.63, 3.8) is 0 Å². The fourth-order valence-electron chi connectivity index (χ4n) is 3.76. The molecule has 2 unspecified atom stereocenters. The Bertz CT molecular complexity index is 957. The van der Waals surface area contributed by atoms with E-state index in [9.17, 15) is 9.90 Å². The molecule has 0 saturated carbocycles. The number of aromatic nitrogens is 3. The molecule has 2 N–H and O–H groups in total. The van der Waals surface area contributed by atoms with Crippen molar-refractivity contribution in [2.75, 3.05) is 25.1 Å². The third kappa shape index (κ3) is 6.16. The minimum Gasteiger partial charge on any atom is -0.491 e. The number of carbonyl (C=O) groups excluding carboxylic acids is 1. The van der Waals surface area contributed by atoms with Crippen LogP contribution in [0.5, 0.6) is 5.75 Å². The first-order valence-corrected chi connectivity index (χ1v) is 11.2. The maximum atomic E-state index is 12.5. The largest absolute Gasteiger partial charge is 0.491 e. The second kappa shape index (κ2) is 9.81. The first kappa shape index (κ1) is 23.9. The highest BCUT2D eigenvalue weighted by atomic mass is 16.5. The highest BCUT2D eigenvalue weighted by Crippen LogP contribution is 2.33. The lowest BCUT2D eigenvalue weighted by molar-refractivity contribution is -0.121. The van der Waals surface area contributed by atoms with Gasteiger partial charge in [-0.2, -0.15) is 0 Å². The number of hydrogen-bond donors (Lipinski definition) is 2. The van der Waals surface area contributed by atoms with Gasteiger partial charge < -0.3 is 20.1 Å². The van der Waals surface area contributed by atoms with Gasteiger partial charge in [-0.3, -0.25) is 9.78 Å². The van der Waals surface area contributed by atoms with Gasteiger partial charge in [0.2, 0.25) is 5.91 Å². The van der Waals surface area contributed by atoms with E-state index in [-0.39, 0.29) is 24.6 Å². The summed E-state index contributed by atoms with van der Waals surface area (Å²) in [5.74, 6) is 2.32. The lowest BCUT2D eigenvalue weighted by atomic mass is 10.1. The zero-order valence-corrected chi connectivity index (χ0v) is 20.0. The summed E-state index contributed by atoms with van der Waals surface area (Å²) in [7, 11) is 1.89. The number of aliphatic hydroxyl groups excluding tert-OH is 1. The quantitative estimate of drug-likeness (QED) is 0.650. The van der Waals surface area contributed by atoms with Gasteiger partial charge in [-0.1, -0.05) is 13.8 Å². The van der Waals surface area contributed by atoms with Crippen LogP contribution in [0.3, 0.4) is 0 Å². The van der Waals surface area contributed by atoms with Gasteiger partial charge in [-0.15, -0.1) is 0 Å². The van der Waals surface area contributed by atoms with Gasteiger partial charge >= 0.3 is 0 Å². The van der Waals surface area contributed by atoms with Crippen LogP contribution in [0.2, 0.25) is 0 Å². The molecule has 2 aromatic heterocycles. The Hall–Kier alpha value is -2.74. The Balaban J connectivity index is 1.89. The summed E-state index contributed by atoms with van der Waals surface area (Å²) in [5, 5.41) is 12.8. The average Bonchev–Trinajstić information content (AvgIpc) is 3.09.